The molecule has 0 saturated carbocycles. The zero-order valence-corrected chi connectivity index (χ0v) is 32.1. The van der Waals surface area contributed by atoms with Gasteiger partial charge in [0, 0.05) is 38.9 Å². The smallest absolute Gasteiger partial charge is 0.0547 e. The van der Waals surface area contributed by atoms with Crippen molar-refractivity contribution in [2.24, 2.45) is 0 Å². The van der Waals surface area contributed by atoms with E-state index in [-0.39, 0.29) is 10.8 Å². The van der Waals surface area contributed by atoms with Crippen molar-refractivity contribution in [1.29, 1.82) is 0 Å². The Labute approximate surface area is 323 Å². The molecular weight excluding hydrogens is 665 g/mol. The van der Waals surface area contributed by atoms with Crippen molar-refractivity contribution in [3.05, 3.63) is 193 Å². The van der Waals surface area contributed by atoms with Gasteiger partial charge in [-0.1, -0.05) is 144 Å². The molecular formula is C53H44N2. The maximum atomic E-state index is 2.42. The fourth-order valence-corrected chi connectivity index (χ4v) is 9.02. The number of anilines is 3. The first-order valence-corrected chi connectivity index (χ1v) is 19.4. The van der Waals surface area contributed by atoms with Crippen LogP contribution < -0.4 is 4.90 Å². The first kappa shape index (κ1) is 33.2. The maximum absolute atomic E-state index is 2.42. The second-order valence-corrected chi connectivity index (χ2v) is 16.7. The molecule has 10 rings (SSSR count). The molecule has 2 nitrogen and oxygen atoms in total. The number of hydrogen-bond acceptors (Lipinski definition) is 1. The van der Waals surface area contributed by atoms with Crippen LogP contribution in [0.1, 0.15) is 51.3 Å². The zero-order valence-electron chi connectivity index (χ0n) is 32.1. The van der Waals surface area contributed by atoms with Gasteiger partial charge >= 0.3 is 0 Å². The summed E-state index contributed by atoms with van der Waals surface area (Å²) in [7, 11) is 0. The molecule has 0 saturated heterocycles. The van der Waals surface area contributed by atoms with Crippen LogP contribution in [-0.2, 0) is 10.8 Å². The highest BCUT2D eigenvalue weighted by atomic mass is 15.1. The average molecular weight is 709 g/mol. The lowest BCUT2D eigenvalue weighted by atomic mass is 9.82. The lowest BCUT2D eigenvalue weighted by Crippen LogP contribution is -2.17. The second-order valence-electron chi connectivity index (χ2n) is 16.7. The first-order chi connectivity index (χ1) is 26.7. The van der Waals surface area contributed by atoms with E-state index in [0.717, 1.165) is 17.1 Å². The highest BCUT2D eigenvalue weighted by Crippen LogP contribution is 2.51. The van der Waals surface area contributed by atoms with Crippen LogP contribution in [0.3, 0.4) is 0 Å². The SMILES string of the molecule is CC(C)(C)c1ccc(N(c2ccc(-c3ccc4c(c3)c3c5ccccc5ccc3n4-c3ccccc3)cc2)c2ccc3c(c2)C(C)(C)c2ccccc2-3)cc1. The van der Waals surface area contributed by atoms with Crippen LogP contribution in [0, 0.1) is 0 Å². The number of para-hydroxylation sites is 1. The van der Waals surface area contributed by atoms with Crippen molar-refractivity contribution >= 4 is 49.6 Å². The number of rotatable bonds is 5. The quantitative estimate of drug-likeness (QED) is 0.173. The van der Waals surface area contributed by atoms with Gasteiger partial charge in [-0.15, -0.1) is 0 Å². The summed E-state index contributed by atoms with van der Waals surface area (Å²) in [6, 6.07) is 65.2. The summed E-state index contributed by atoms with van der Waals surface area (Å²) in [5, 5.41) is 5.09. The van der Waals surface area contributed by atoms with Gasteiger partial charge in [-0.05, 0) is 122 Å². The summed E-state index contributed by atoms with van der Waals surface area (Å²) < 4.78 is 2.41. The van der Waals surface area contributed by atoms with Crippen LogP contribution in [0.2, 0.25) is 0 Å². The molecule has 1 aromatic heterocycles. The predicted molar refractivity (Wildman–Crippen MR) is 235 cm³/mol. The third-order valence-electron chi connectivity index (χ3n) is 11.9. The van der Waals surface area contributed by atoms with Crippen LogP contribution in [0.15, 0.2) is 176 Å². The molecule has 0 amide bonds. The summed E-state index contributed by atoms with van der Waals surface area (Å²) >= 11 is 0. The van der Waals surface area contributed by atoms with Gasteiger partial charge in [0.2, 0.25) is 0 Å². The van der Waals surface area contributed by atoms with E-state index in [2.05, 4.69) is 220 Å². The van der Waals surface area contributed by atoms with Crippen LogP contribution in [0.4, 0.5) is 17.1 Å². The van der Waals surface area contributed by atoms with Crippen molar-refractivity contribution in [3.8, 4) is 27.9 Å². The Hall–Kier alpha value is -6.38. The van der Waals surface area contributed by atoms with E-state index in [1.807, 2.05) is 0 Å². The third kappa shape index (κ3) is 5.31. The van der Waals surface area contributed by atoms with Gasteiger partial charge in [0.05, 0.1) is 11.0 Å². The van der Waals surface area contributed by atoms with Crippen LogP contribution >= 0.6 is 0 Å². The summed E-state index contributed by atoms with van der Waals surface area (Å²) in [5.41, 5.74) is 16.2. The Kier molecular flexibility index (Phi) is 7.44. The molecule has 9 aromatic rings. The van der Waals surface area contributed by atoms with E-state index in [4.69, 9.17) is 0 Å². The highest BCUT2D eigenvalue weighted by molar-refractivity contribution is 6.21. The molecule has 1 heterocycles. The molecule has 0 fully saturated rings. The van der Waals surface area contributed by atoms with Crippen molar-refractivity contribution in [3.63, 3.8) is 0 Å². The molecule has 0 spiro atoms. The Bertz CT molecular complexity index is 2900. The number of fused-ring (bicyclic) bond motifs is 8. The van der Waals surface area contributed by atoms with Gasteiger partial charge in [0.1, 0.15) is 0 Å². The third-order valence-corrected chi connectivity index (χ3v) is 11.9. The van der Waals surface area contributed by atoms with Gasteiger partial charge in [-0.3, -0.25) is 0 Å². The van der Waals surface area contributed by atoms with E-state index in [0.29, 0.717) is 0 Å². The van der Waals surface area contributed by atoms with Gasteiger partial charge in [-0.25, -0.2) is 0 Å². The molecule has 0 atom stereocenters. The first-order valence-electron chi connectivity index (χ1n) is 19.4. The second kappa shape index (κ2) is 12.3. The molecule has 0 unspecified atom stereocenters. The largest absolute Gasteiger partial charge is 0.310 e. The van der Waals surface area contributed by atoms with Gasteiger partial charge in [0.15, 0.2) is 0 Å². The molecule has 1 aliphatic rings. The van der Waals surface area contributed by atoms with Crippen molar-refractivity contribution in [2.45, 2.75) is 45.4 Å². The Morgan fingerprint density at radius 2 is 1.09 bits per heavy atom. The number of nitrogens with zero attached hydrogens (tertiary/aromatic N) is 2. The van der Waals surface area contributed by atoms with Gasteiger partial charge in [-0.2, -0.15) is 0 Å². The molecule has 0 bridgehead atoms. The summed E-state index contributed by atoms with van der Waals surface area (Å²) in [5.74, 6) is 0. The molecule has 266 valence electrons. The van der Waals surface area contributed by atoms with Crippen LogP contribution in [0.5, 0.6) is 0 Å². The Morgan fingerprint density at radius 1 is 0.473 bits per heavy atom. The molecule has 55 heavy (non-hydrogen) atoms. The van der Waals surface area contributed by atoms with E-state index in [1.54, 1.807) is 0 Å². The van der Waals surface area contributed by atoms with Crippen molar-refractivity contribution < 1.29 is 0 Å². The Balaban J connectivity index is 1.10. The molecule has 0 N–H and O–H groups in total. The van der Waals surface area contributed by atoms with E-state index in [1.165, 1.54) is 77.2 Å². The monoisotopic (exact) mass is 708 g/mol. The molecule has 0 radical (unpaired) electrons. The minimum Gasteiger partial charge on any atom is -0.310 e. The normalized spacial score (nSPS) is 13.3. The summed E-state index contributed by atoms with van der Waals surface area (Å²) in [4.78, 5) is 2.42. The molecule has 8 aromatic carbocycles. The van der Waals surface area contributed by atoms with Crippen LogP contribution in [0.25, 0.3) is 60.5 Å². The van der Waals surface area contributed by atoms with Crippen molar-refractivity contribution in [1.82, 2.24) is 4.57 Å². The summed E-state index contributed by atoms with van der Waals surface area (Å²) in [6.07, 6.45) is 0. The predicted octanol–water partition coefficient (Wildman–Crippen LogP) is 14.7. The standard InChI is InChI=1S/C53H44N2/c1-52(2,3)38-23-27-41(28-24-38)54(42-29-30-45-44-17-11-12-18-47(44)53(4,5)48(45)34-42)40-25-19-35(20-26-40)37-22-31-49-46(33-37)51-43-16-10-9-13-36(43)21-32-50(51)55(49)39-14-7-6-8-15-39/h6-34H,1-5H3. The number of hydrogen-bond donors (Lipinski definition) is 0. The minimum atomic E-state index is -0.0822. The topological polar surface area (TPSA) is 8.17 Å². The fraction of sp³-hybridized carbons (Fsp3) is 0.132. The lowest BCUT2D eigenvalue weighted by molar-refractivity contribution is 0.590. The van der Waals surface area contributed by atoms with Crippen molar-refractivity contribution in [2.75, 3.05) is 4.90 Å². The van der Waals surface area contributed by atoms with E-state index in [9.17, 15) is 0 Å². The zero-order chi connectivity index (χ0) is 37.5. The number of aromatic nitrogens is 1. The Morgan fingerprint density at radius 3 is 1.85 bits per heavy atom. The lowest BCUT2D eigenvalue weighted by Gasteiger charge is -2.29. The highest BCUT2D eigenvalue weighted by Gasteiger charge is 2.35. The minimum absolute atomic E-state index is 0.0785. The fourth-order valence-electron chi connectivity index (χ4n) is 9.02. The molecule has 1 aliphatic carbocycles. The van der Waals surface area contributed by atoms with E-state index < -0.39 is 0 Å². The van der Waals surface area contributed by atoms with E-state index >= 15 is 0 Å². The van der Waals surface area contributed by atoms with Gasteiger partial charge < -0.3 is 9.47 Å². The van der Waals surface area contributed by atoms with Gasteiger partial charge in [0.25, 0.3) is 0 Å². The molecule has 2 heteroatoms. The summed E-state index contributed by atoms with van der Waals surface area (Å²) in [6.45, 7) is 11.5. The number of benzene rings is 8. The van der Waals surface area contributed by atoms with Crippen LogP contribution in [-0.4, -0.2) is 4.57 Å². The average Bonchev–Trinajstić information content (AvgIpc) is 3.67. The maximum Gasteiger partial charge on any atom is 0.0547 e. The molecule has 0 aliphatic heterocycles.